The fourth-order valence-electron chi connectivity index (χ4n) is 4.25. The number of hydrogen-bond acceptors (Lipinski definition) is 3. The number of nitrogens with one attached hydrogen (secondary N) is 1. The molecule has 19 heavy (non-hydrogen) atoms. The minimum absolute atomic E-state index is 0.00851. The van der Waals surface area contributed by atoms with Crippen LogP contribution < -0.4 is 5.32 Å². The van der Waals surface area contributed by atoms with Gasteiger partial charge in [0.25, 0.3) is 0 Å². The molecule has 4 nitrogen and oxygen atoms in total. The first-order valence-electron chi connectivity index (χ1n) is 8.04. The third-order valence-electron chi connectivity index (χ3n) is 5.14. The summed E-state index contributed by atoms with van der Waals surface area (Å²) in [5.74, 6) is 0.330. The lowest BCUT2D eigenvalue weighted by Crippen LogP contribution is -2.51. The van der Waals surface area contributed by atoms with Crippen LogP contribution in [0.1, 0.15) is 52.4 Å². The Morgan fingerprint density at radius 2 is 2.05 bits per heavy atom. The van der Waals surface area contributed by atoms with Crippen LogP contribution in [-0.4, -0.2) is 53.1 Å². The second-order valence-electron chi connectivity index (χ2n) is 6.39. The molecule has 3 fully saturated rings. The molecule has 3 rings (SSSR count). The molecule has 0 aliphatic carbocycles. The van der Waals surface area contributed by atoms with Crippen LogP contribution in [0.5, 0.6) is 0 Å². The van der Waals surface area contributed by atoms with Crippen molar-refractivity contribution >= 4 is 5.91 Å². The van der Waals surface area contributed by atoms with Crippen molar-refractivity contribution in [3.8, 4) is 0 Å². The number of nitrogens with zero attached hydrogens (tertiary/aromatic N) is 2. The molecular weight excluding hydrogens is 238 g/mol. The highest BCUT2D eigenvalue weighted by Crippen LogP contribution is 2.33. The predicted molar refractivity (Wildman–Crippen MR) is 75.8 cm³/mol. The minimum Gasteiger partial charge on any atom is -0.321 e. The third-order valence-corrected chi connectivity index (χ3v) is 5.14. The summed E-state index contributed by atoms with van der Waals surface area (Å²) in [5.41, 5.74) is 0. The summed E-state index contributed by atoms with van der Waals surface area (Å²) in [6, 6.07) is 1.10. The summed E-state index contributed by atoms with van der Waals surface area (Å²) in [6.45, 7) is 6.64. The van der Waals surface area contributed by atoms with E-state index in [1.165, 1.54) is 38.8 Å². The molecule has 0 aromatic heterocycles. The molecule has 3 aliphatic heterocycles. The van der Waals surface area contributed by atoms with Crippen molar-refractivity contribution in [2.75, 3.05) is 13.1 Å². The van der Waals surface area contributed by atoms with Crippen molar-refractivity contribution in [2.24, 2.45) is 0 Å². The average Bonchev–Trinajstić information content (AvgIpc) is 2.93. The monoisotopic (exact) mass is 265 g/mol. The van der Waals surface area contributed by atoms with E-state index in [-0.39, 0.29) is 12.2 Å². The molecule has 0 aromatic rings. The fraction of sp³-hybridized carbons (Fsp3) is 0.933. The normalized spacial score (nSPS) is 39.9. The van der Waals surface area contributed by atoms with Gasteiger partial charge in [0.15, 0.2) is 0 Å². The Hall–Kier alpha value is -0.610. The molecule has 3 saturated heterocycles. The van der Waals surface area contributed by atoms with Gasteiger partial charge in [-0.1, -0.05) is 19.8 Å². The molecule has 3 aliphatic rings. The molecule has 0 radical (unpaired) electrons. The number of rotatable bonds is 3. The van der Waals surface area contributed by atoms with Crippen molar-refractivity contribution in [1.82, 2.24) is 15.1 Å². The summed E-state index contributed by atoms with van der Waals surface area (Å²) in [4.78, 5) is 17.3. The standard InChI is InChI=1S/C15H27N3O/c1-3-6-14-16-11(2)15(19)18(14)13-8-10-17-9-5-4-7-12(13)17/h11-14,16H,3-10H2,1-2H3. The van der Waals surface area contributed by atoms with Crippen molar-refractivity contribution in [3.05, 3.63) is 0 Å². The molecule has 1 N–H and O–H groups in total. The van der Waals surface area contributed by atoms with Gasteiger partial charge in [0.2, 0.25) is 5.91 Å². The molecule has 3 heterocycles. The van der Waals surface area contributed by atoms with E-state index in [1.54, 1.807) is 0 Å². The fourth-order valence-corrected chi connectivity index (χ4v) is 4.25. The number of carbonyl (C=O) groups is 1. The van der Waals surface area contributed by atoms with E-state index in [2.05, 4.69) is 22.0 Å². The lowest BCUT2D eigenvalue weighted by molar-refractivity contribution is -0.132. The first-order chi connectivity index (χ1) is 9.22. The van der Waals surface area contributed by atoms with Gasteiger partial charge in [-0.05, 0) is 39.2 Å². The zero-order chi connectivity index (χ0) is 13.4. The van der Waals surface area contributed by atoms with E-state index in [4.69, 9.17) is 0 Å². The Morgan fingerprint density at radius 3 is 2.84 bits per heavy atom. The van der Waals surface area contributed by atoms with Crippen molar-refractivity contribution in [3.63, 3.8) is 0 Å². The molecule has 4 unspecified atom stereocenters. The molecule has 108 valence electrons. The largest absolute Gasteiger partial charge is 0.321 e. The Kier molecular flexibility index (Phi) is 3.81. The van der Waals surface area contributed by atoms with Crippen LogP contribution >= 0.6 is 0 Å². The third kappa shape index (κ3) is 2.29. The van der Waals surface area contributed by atoms with Crippen LogP contribution in [0, 0.1) is 0 Å². The lowest BCUT2D eigenvalue weighted by Gasteiger charge is -2.38. The highest BCUT2D eigenvalue weighted by atomic mass is 16.2. The first kappa shape index (κ1) is 13.4. The van der Waals surface area contributed by atoms with Gasteiger partial charge in [-0.25, -0.2) is 0 Å². The predicted octanol–water partition coefficient (Wildman–Crippen LogP) is 1.56. The summed E-state index contributed by atoms with van der Waals surface area (Å²) in [5, 5.41) is 3.48. The topological polar surface area (TPSA) is 35.6 Å². The maximum atomic E-state index is 12.5. The van der Waals surface area contributed by atoms with Gasteiger partial charge >= 0.3 is 0 Å². The lowest BCUT2D eigenvalue weighted by atomic mass is 9.97. The average molecular weight is 265 g/mol. The molecular formula is C15H27N3O. The van der Waals surface area contributed by atoms with Crippen molar-refractivity contribution < 1.29 is 4.79 Å². The number of fused-ring (bicyclic) bond motifs is 1. The Bertz CT molecular complexity index is 346. The van der Waals surface area contributed by atoms with E-state index in [1.807, 2.05) is 6.92 Å². The van der Waals surface area contributed by atoms with Gasteiger partial charge in [-0.15, -0.1) is 0 Å². The second kappa shape index (κ2) is 5.41. The summed E-state index contributed by atoms with van der Waals surface area (Å²) < 4.78 is 0. The van der Waals surface area contributed by atoms with Gasteiger partial charge in [0.1, 0.15) is 0 Å². The van der Waals surface area contributed by atoms with Crippen molar-refractivity contribution in [1.29, 1.82) is 0 Å². The zero-order valence-corrected chi connectivity index (χ0v) is 12.3. The van der Waals surface area contributed by atoms with Gasteiger partial charge in [0.05, 0.1) is 18.2 Å². The zero-order valence-electron chi connectivity index (χ0n) is 12.3. The van der Waals surface area contributed by atoms with Crippen molar-refractivity contribution in [2.45, 2.75) is 76.7 Å². The van der Waals surface area contributed by atoms with E-state index in [0.717, 1.165) is 12.8 Å². The number of carbonyl (C=O) groups excluding carboxylic acids is 1. The smallest absolute Gasteiger partial charge is 0.241 e. The molecule has 0 spiro atoms. The minimum atomic E-state index is 0.00851. The van der Waals surface area contributed by atoms with Gasteiger partial charge in [-0.3, -0.25) is 15.0 Å². The quantitative estimate of drug-likeness (QED) is 0.841. The Labute approximate surface area is 116 Å². The maximum absolute atomic E-state index is 12.5. The molecule has 1 amide bonds. The first-order valence-corrected chi connectivity index (χ1v) is 8.04. The number of piperidine rings is 1. The second-order valence-corrected chi connectivity index (χ2v) is 6.39. The molecule has 0 bridgehead atoms. The Morgan fingerprint density at radius 1 is 1.21 bits per heavy atom. The van der Waals surface area contributed by atoms with E-state index in [9.17, 15) is 4.79 Å². The van der Waals surface area contributed by atoms with Crippen LogP contribution in [0.15, 0.2) is 0 Å². The van der Waals surface area contributed by atoms with Crippen LogP contribution in [0.2, 0.25) is 0 Å². The highest BCUT2D eigenvalue weighted by Gasteiger charge is 2.46. The summed E-state index contributed by atoms with van der Waals surface area (Å²) in [6.07, 6.45) is 7.62. The molecule has 4 atom stereocenters. The summed E-state index contributed by atoms with van der Waals surface area (Å²) >= 11 is 0. The van der Waals surface area contributed by atoms with E-state index >= 15 is 0 Å². The van der Waals surface area contributed by atoms with Crippen LogP contribution in [0.4, 0.5) is 0 Å². The van der Waals surface area contributed by atoms with Gasteiger partial charge in [-0.2, -0.15) is 0 Å². The summed E-state index contributed by atoms with van der Waals surface area (Å²) in [7, 11) is 0. The van der Waals surface area contributed by atoms with E-state index < -0.39 is 0 Å². The molecule has 0 aromatic carbocycles. The SMILES string of the molecule is CCCC1NC(C)C(=O)N1C1CCN2CCCCC12. The van der Waals surface area contributed by atoms with Gasteiger partial charge in [0, 0.05) is 12.6 Å². The van der Waals surface area contributed by atoms with Crippen LogP contribution in [0.3, 0.4) is 0 Å². The Balaban J connectivity index is 1.77. The molecule has 0 saturated carbocycles. The highest BCUT2D eigenvalue weighted by molar-refractivity contribution is 5.84. The van der Waals surface area contributed by atoms with Gasteiger partial charge < -0.3 is 4.90 Å². The number of amides is 1. The maximum Gasteiger partial charge on any atom is 0.241 e. The number of hydrogen-bond donors (Lipinski definition) is 1. The molecule has 4 heteroatoms. The van der Waals surface area contributed by atoms with Crippen LogP contribution in [-0.2, 0) is 4.79 Å². The van der Waals surface area contributed by atoms with Crippen LogP contribution in [0.25, 0.3) is 0 Å². The van der Waals surface area contributed by atoms with E-state index in [0.29, 0.717) is 18.0 Å².